The van der Waals surface area contributed by atoms with E-state index < -0.39 is 33.7 Å². The predicted octanol–water partition coefficient (Wildman–Crippen LogP) is -1.01. The van der Waals surface area contributed by atoms with Gasteiger partial charge < -0.3 is 9.52 Å². The van der Waals surface area contributed by atoms with Gasteiger partial charge in [0.15, 0.2) is 0 Å². The molecule has 19 heavy (non-hydrogen) atoms. The number of hydrogen-bond acceptors (Lipinski definition) is 6. The molecule has 0 bridgehead atoms. The highest BCUT2D eigenvalue weighted by molar-refractivity contribution is 7.89. The van der Waals surface area contributed by atoms with Gasteiger partial charge in [0, 0.05) is 6.07 Å². The molecule has 1 aliphatic rings. The first-order chi connectivity index (χ1) is 8.81. The molecule has 0 unspecified atom stereocenters. The Morgan fingerprint density at radius 3 is 2.74 bits per heavy atom. The van der Waals surface area contributed by atoms with Crippen molar-refractivity contribution in [3.8, 4) is 0 Å². The summed E-state index contributed by atoms with van der Waals surface area (Å²) in [6.07, 6.45) is 0. The van der Waals surface area contributed by atoms with E-state index in [2.05, 4.69) is 9.56 Å². The van der Waals surface area contributed by atoms with Gasteiger partial charge in [-0.1, -0.05) is 0 Å². The zero-order valence-electron chi connectivity index (χ0n) is 9.67. The van der Waals surface area contributed by atoms with Crippen LogP contribution in [0.4, 0.5) is 0 Å². The van der Waals surface area contributed by atoms with Gasteiger partial charge in [0.05, 0.1) is 0 Å². The second-order valence-electron chi connectivity index (χ2n) is 3.79. The van der Waals surface area contributed by atoms with Crippen molar-refractivity contribution in [3.05, 3.63) is 17.6 Å². The molecule has 0 radical (unpaired) electrons. The van der Waals surface area contributed by atoms with E-state index in [0.29, 0.717) is 0 Å². The summed E-state index contributed by atoms with van der Waals surface area (Å²) in [5.41, 5.74) is 2.00. The molecule has 2 rings (SSSR count). The number of hydroxylamine groups is 1. The summed E-state index contributed by atoms with van der Waals surface area (Å²) in [5.74, 6) is -2.58. The third-order valence-corrected chi connectivity index (χ3v) is 3.99. The SMILES string of the molecule is Cc1oc(C(=O)O)cc1S(=O)(=O)N[C@@H]1CONC1=O. The number of hydrogen-bond donors (Lipinski definition) is 3. The number of furan rings is 1. The van der Waals surface area contributed by atoms with Crippen LogP contribution in [0.5, 0.6) is 0 Å². The molecule has 0 aliphatic carbocycles. The molecule has 3 N–H and O–H groups in total. The fraction of sp³-hybridized carbons (Fsp3) is 0.333. The lowest BCUT2D eigenvalue weighted by Gasteiger charge is -2.08. The van der Waals surface area contributed by atoms with Crippen molar-refractivity contribution < 1.29 is 32.4 Å². The third-order valence-electron chi connectivity index (χ3n) is 2.41. The first-order valence-corrected chi connectivity index (χ1v) is 6.57. The Balaban J connectivity index is 2.29. The number of rotatable bonds is 4. The number of aryl methyl sites for hydroxylation is 1. The van der Waals surface area contributed by atoms with E-state index >= 15 is 0 Å². The molecule has 2 heterocycles. The molecule has 1 amide bonds. The third kappa shape index (κ3) is 2.59. The van der Waals surface area contributed by atoms with Gasteiger partial charge in [-0.3, -0.25) is 9.63 Å². The smallest absolute Gasteiger partial charge is 0.371 e. The number of carbonyl (C=O) groups excluding carboxylic acids is 1. The maximum Gasteiger partial charge on any atom is 0.371 e. The van der Waals surface area contributed by atoms with Crippen molar-refractivity contribution >= 4 is 21.9 Å². The Morgan fingerprint density at radius 1 is 1.58 bits per heavy atom. The Morgan fingerprint density at radius 2 is 2.26 bits per heavy atom. The fourth-order valence-electron chi connectivity index (χ4n) is 1.52. The van der Waals surface area contributed by atoms with Crippen molar-refractivity contribution in [1.82, 2.24) is 10.2 Å². The van der Waals surface area contributed by atoms with Gasteiger partial charge in [-0.05, 0) is 6.92 Å². The number of nitrogens with one attached hydrogen (secondary N) is 2. The highest BCUT2D eigenvalue weighted by atomic mass is 32.2. The van der Waals surface area contributed by atoms with E-state index in [4.69, 9.17) is 9.52 Å². The fourth-order valence-corrected chi connectivity index (χ4v) is 2.88. The molecule has 1 atom stereocenters. The van der Waals surface area contributed by atoms with E-state index in [9.17, 15) is 18.0 Å². The summed E-state index contributed by atoms with van der Waals surface area (Å²) in [4.78, 5) is 26.1. The van der Waals surface area contributed by atoms with E-state index in [1.54, 1.807) is 0 Å². The second kappa shape index (κ2) is 4.64. The van der Waals surface area contributed by atoms with Crippen molar-refractivity contribution in [2.24, 2.45) is 0 Å². The van der Waals surface area contributed by atoms with Gasteiger partial charge in [-0.25, -0.2) is 18.7 Å². The Kier molecular flexibility index (Phi) is 3.30. The Hall–Kier alpha value is -1.91. The molecular formula is C9H10N2O7S. The lowest BCUT2D eigenvalue weighted by Crippen LogP contribution is -2.41. The van der Waals surface area contributed by atoms with Crippen molar-refractivity contribution in [1.29, 1.82) is 0 Å². The lowest BCUT2D eigenvalue weighted by atomic mass is 10.3. The number of aromatic carboxylic acids is 1. The van der Waals surface area contributed by atoms with E-state index in [1.807, 2.05) is 5.48 Å². The quantitative estimate of drug-likeness (QED) is 0.646. The maximum atomic E-state index is 12.0. The van der Waals surface area contributed by atoms with Crippen LogP contribution in [0.2, 0.25) is 0 Å². The molecule has 1 aromatic heterocycles. The predicted molar refractivity (Wildman–Crippen MR) is 58.6 cm³/mol. The lowest BCUT2D eigenvalue weighted by molar-refractivity contribution is -0.124. The summed E-state index contributed by atoms with van der Waals surface area (Å²) in [5, 5.41) is 8.72. The number of carboxylic acids is 1. The van der Waals surface area contributed by atoms with Crippen LogP contribution in [0.25, 0.3) is 0 Å². The summed E-state index contributed by atoms with van der Waals surface area (Å²) in [6.45, 7) is 1.16. The van der Waals surface area contributed by atoms with Gasteiger partial charge in [0.1, 0.15) is 23.3 Å². The van der Waals surface area contributed by atoms with Crippen molar-refractivity contribution in [2.45, 2.75) is 17.9 Å². The average Bonchev–Trinajstić information content (AvgIpc) is 2.86. The molecule has 10 heteroatoms. The molecule has 9 nitrogen and oxygen atoms in total. The van der Waals surface area contributed by atoms with Crippen LogP contribution in [-0.2, 0) is 19.7 Å². The molecule has 1 aromatic rings. The zero-order valence-corrected chi connectivity index (χ0v) is 10.5. The van der Waals surface area contributed by atoms with Gasteiger partial charge in [-0.2, -0.15) is 4.72 Å². The molecule has 0 aromatic carbocycles. The molecule has 104 valence electrons. The molecule has 1 aliphatic heterocycles. The van der Waals surface area contributed by atoms with Gasteiger partial charge in [0.2, 0.25) is 15.8 Å². The van der Waals surface area contributed by atoms with Crippen LogP contribution >= 0.6 is 0 Å². The summed E-state index contributed by atoms with van der Waals surface area (Å²) >= 11 is 0. The van der Waals surface area contributed by atoms with Gasteiger partial charge in [-0.15, -0.1) is 0 Å². The van der Waals surface area contributed by atoms with Crippen LogP contribution in [0.1, 0.15) is 16.3 Å². The summed E-state index contributed by atoms with van der Waals surface area (Å²) < 4.78 is 30.9. The maximum absolute atomic E-state index is 12.0. The van der Waals surface area contributed by atoms with Crippen LogP contribution in [-0.4, -0.2) is 38.0 Å². The van der Waals surface area contributed by atoms with Crippen LogP contribution < -0.4 is 10.2 Å². The number of carbonyl (C=O) groups is 2. The first-order valence-electron chi connectivity index (χ1n) is 5.09. The van der Waals surface area contributed by atoms with Gasteiger partial charge >= 0.3 is 5.97 Å². The van der Waals surface area contributed by atoms with Crippen LogP contribution in [0.3, 0.4) is 0 Å². The number of sulfonamides is 1. The molecule has 0 saturated carbocycles. The standard InChI is InChI=1S/C9H10N2O7S/c1-4-7(2-6(18-4)9(13)14)19(15,16)11-5-3-17-10-8(5)12/h2,5,11H,3H2,1H3,(H,10,12)(H,13,14)/t5-/m1/s1. The van der Waals surface area contributed by atoms with Crippen LogP contribution in [0.15, 0.2) is 15.4 Å². The van der Waals surface area contributed by atoms with E-state index in [1.165, 1.54) is 6.92 Å². The minimum atomic E-state index is -4.07. The monoisotopic (exact) mass is 290 g/mol. The molecule has 1 saturated heterocycles. The Bertz CT molecular complexity index is 633. The number of amides is 1. The highest BCUT2D eigenvalue weighted by Gasteiger charge is 2.32. The minimum absolute atomic E-state index is 0.0794. The van der Waals surface area contributed by atoms with E-state index in [-0.39, 0.29) is 17.3 Å². The number of carboxylic acid groups (broad SMARTS) is 1. The highest BCUT2D eigenvalue weighted by Crippen LogP contribution is 2.20. The Labute approximate surface area is 107 Å². The molecular weight excluding hydrogens is 280 g/mol. The van der Waals surface area contributed by atoms with Crippen molar-refractivity contribution in [2.75, 3.05) is 6.61 Å². The topological polar surface area (TPSA) is 135 Å². The first kappa shape index (κ1) is 13.5. The second-order valence-corrected chi connectivity index (χ2v) is 5.47. The molecule has 0 spiro atoms. The molecule has 1 fully saturated rings. The largest absolute Gasteiger partial charge is 0.475 e. The average molecular weight is 290 g/mol. The summed E-state index contributed by atoms with van der Waals surface area (Å²) in [6, 6.07) is -0.180. The summed E-state index contributed by atoms with van der Waals surface area (Å²) in [7, 11) is -4.07. The van der Waals surface area contributed by atoms with Gasteiger partial charge in [0.25, 0.3) is 5.91 Å². The zero-order chi connectivity index (χ0) is 14.2. The van der Waals surface area contributed by atoms with Crippen LogP contribution in [0, 0.1) is 6.92 Å². The minimum Gasteiger partial charge on any atom is -0.475 e. The normalized spacial score (nSPS) is 19.4. The van der Waals surface area contributed by atoms with E-state index in [0.717, 1.165) is 6.07 Å². The van der Waals surface area contributed by atoms with Crippen molar-refractivity contribution in [3.63, 3.8) is 0 Å².